The van der Waals surface area contributed by atoms with Crippen LogP contribution >= 0.6 is 0 Å². The molecule has 0 bridgehead atoms. The maximum absolute atomic E-state index is 6.24. The molecule has 0 saturated heterocycles. The van der Waals surface area contributed by atoms with Crippen molar-refractivity contribution in [3.63, 3.8) is 0 Å². The van der Waals surface area contributed by atoms with Crippen molar-refractivity contribution in [1.29, 1.82) is 0 Å². The second-order valence-electron chi connectivity index (χ2n) is 5.22. The van der Waals surface area contributed by atoms with Gasteiger partial charge >= 0.3 is 0 Å². The molecule has 0 saturated carbocycles. The summed E-state index contributed by atoms with van der Waals surface area (Å²) in [6, 6.07) is 11.2. The SMILES string of the molecule is NC(c1ccccn1)c1cnc2cc(-c3cn[nH]c3)ccc2n1. The van der Waals surface area contributed by atoms with E-state index in [1.807, 2.05) is 42.6 Å². The second-order valence-corrected chi connectivity index (χ2v) is 5.22. The molecule has 0 fully saturated rings. The molecule has 4 rings (SSSR count). The van der Waals surface area contributed by atoms with E-state index < -0.39 is 0 Å². The van der Waals surface area contributed by atoms with E-state index in [1.165, 1.54) is 0 Å². The largest absolute Gasteiger partial charge is 0.318 e. The van der Waals surface area contributed by atoms with Crippen LogP contribution in [0.2, 0.25) is 0 Å². The number of aromatic nitrogens is 5. The zero-order valence-electron chi connectivity index (χ0n) is 12.2. The van der Waals surface area contributed by atoms with Crippen LogP contribution in [0, 0.1) is 0 Å². The molecular weight excluding hydrogens is 288 g/mol. The number of H-pyrrole nitrogens is 1. The van der Waals surface area contributed by atoms with Gasteiger partial charge in [0, 0.05) is 18.0 Å². The molecule has 3 N–H and O–H groups in total. The molecule has 4 aromatic rings. The molecular formula is C17H14N6. The standard InChI is InChI=1S/C17H14N6/c18-17(14-3-1-2-6-19-14)16-10-20-15-7-11(4-5-13(15)23-16)12-8-21-22-9-12/h1-10,17H,18H2,(H,21,22). The summed E-state index contributed by atoms with van der Waals surface area (Å²) >= 11 is 0. The summed E-state index contributed by atoms with van der Waals surface area (Å²) in [5.74, 6) is 0. The molecule has 0 aliphatic carbocycles. The molecule has 23 heavy (non-hydrogen) atoms. The maximum Gasteiger partial charge on any atom is 0.0916 e. The fourth-order valence-electron chi connectivity index (χ4n) is 2.47. The van der Waals surface area contributed by atoms with E-state index in [9.17, 15) is 0 Å². The zero-order valence-corrected chi connectivity index (χ0v) is 12.2. The predicted molar refractivity (Wildman–Crippen MR) is 87.4 cm³/mol. The number of aromatic amines is 1. The average molecular weight is 302 g/mol. The van der Waals surface area contributed by atoms with Crippen molar-refractivity contribution in [1.82, 2.24) is 25.1 Å². The van der Waals surface area contributed by atoms with Crippen LogP contribution in [-0.4, -0.2) is 25.1 Å². The van der Waals surface area contributed by atoms with E-state index in [4.69, 9.17) is 5.73 Å². The van der Waals surface area contributed by atoms with E-state index in [2.05, 4.69) is 25.1 Å². The van der Waals surface area contributed by atoms with E-state index in [1.54, 1.807) is 18.6 Å². The van der Waals surface area contributed by atoms with Gasteiger partial charge in [0.1, 0.15) is 0 Å². The highest BCUT2D eigenvalue weighted by atomic mass is 15.1. The fourth-order valence-corrected chi connectivity index (χ4v) is 2.47. The molecule has 6 nitrogen and oxygen atoms in total. The monoisotopic (exact) mass is 302 g/mol. The van der Waals surface area contributed by atoms with Gasteiger partial charge in [-0.15, -0.1) is 0 Å². The molecule has 0 radical (unpaired) electrons. The predicted octanol–water partition coefficient (Wildman–Crippen LogP) is 2.46. The Labute approximate surface area is 132 Å². The summed E-state index contributed by atoms with van der Waals surface area (Å²) < 4.78 is 0. The normalized spacial score (nSPS) is 12.4. The van der Waals surface area contributed by atoms with Gasteiger partial charge < -0.3 is 5.73 Å². The number of benzene rings is 1. The summed E-state index contributed by atoms with van der Waals surface area (Å²) in [6.07, 6.45) is 7.06. The highest BCUT2D eigenvalue weighted by Crippen LogP contribution is 2.23. The van der Waals surface area contributed by atoms with Crippen molar-refractivity contribution < 1.29 is 0 Å². The topological polar surface area (TPSA) is 93.4 Å². The molecule has 0 aliphatic heterocycles. The van der Waals surface area contributed by atoms with E-state index in [0.717, 1.165) is 27.9 Å². The first kappa shape index (κ1) is 13.5. The van der Waals surface area contributed by atoms with Gasteiger partial charge in [0.25, 0.3) is 0 Å². The smallest absolute Gasteiger partial charge is 0.0916 e. The Morgan fingerprint density at radius 3 is 2.65 bits per heavy atom. The third-order valence-electron chi connectivity index (χ3n) is 3.72. The molecule has 1 aromatic carbocycles. The Morgan fingerprint density at radius 1 is 0.913 bits per heavy atom. The zero-order chi connectivity index (χ0) is 15.6. The minimum absolute atomic E-state index is 0.387. The lowest BCUT2D eigenvalue weighted by molar-refractivity contribution is 0.793. The molecule has 3 heterocycles. The summed E-state index contributed by atoms with van der Waals surface area (Å²) in [7, 11) is 0. The van der Waals surface area contributed by atoms with Gasteiger partial charge in [-0.05, 0) is 29.8 Å². The highest BCUT2D eigenvalue weighted by Gasteiger charge is 2.13. The van der Waals surface area contributed by atoms with Crippen molar-refractivity contribution in [3.8, 4) is 11.1 Å². The lowest BCUT2D eigenvalue weighted by atomic mass is 10.1. The molecule has 0 amide bonds. The summed E-state index contributed by atoms with van der Waals surface area (Å²) in [5, 5.41) is 6.77. The Balaban J connectivity index is 1.73. The number of rotatable bonds is 3. The lowest BCUT2D eigenvalue weighted by Gasteiger charge is -2.11. The van der Waals surface area contributed by atoms with Crippen molar-refractivity contribution in [2.24, 2.45) is 5.73 Å². The van der Waals surface area contributed by atoms with Crippen LogP contribution in [0.15, 0.2) is 61.2 Å². The summed E-state index contributed by atoms with van der Waals surface area (Å²) in [4.78, 5) is 13.4. The van der Waals surface area contributed by atoms with E-state index >= 15 is 0 Å². The van der Waals surface area contributed by atoms with Crippen LogP contribution in [-0.2, 0) is 0 Å². The first-order chi connectivity index (χ1) is 11.3. The number of fused-ring (bicyclic) bond motifs is 1. The molecule has 0 aliphatic rings. The van der Waals surface area contributed by atoms with Gasteiger partial charge in [0.15, 0.2) is 0 Å². The van der Waals surface area contributed by atoms with Crippen molar-refractivity contribution in [2.45, 2.75) is 6.04 Å². The van der Waals surface area contributed by atoms with Gasteiger partial charge in [0.2, 0.25) is 0 Å². The highest BCUT2D eigenvalue weighted by molar-refractivity contribution is 5.81. The minimum Gasteiger partial charge on any atom is -0.318 e. The quantitative estimate of drug-likeness (QED) is 0.606. The lowest BCUT2D eigenvalue weighted by Crippen LogP contribution is -2.15. The first-order valence-corrected chi connectivity index (χ1v) is 7.23. The van der Waals surface area contributed by atoms with Crippen LogP contribution in [0.5, 0.6) is 0 Å². The van der Waals surface area contributed by atoms with Crippen molar-refractivity contribution >= 4 is 11.0 Å². The number of nitrogens with two attached hydrogens (primary N) is 1. The van der Waals surface area contributed by atoms with E-state index in [0.29, 0.717) is 5.69 Å². The van der Waals surface area contributed by atoms with Crippen LogP contribution < -0.4 is 5.73 Å². The van der Waals surface area contributed by atoms with Gasteiger partial charge in [-0.25, -0.2) is 4.98 Å². The number of hydrogen-bond donors (Lipinski definition) is 2. The number of nitrogens with zero attached hydrogens (tertiary/aromatic N) is 4. The first-order valence-electron chi connectivity index (χ1n) is 7.23. The van der Waals surface area contributed by atoms with Gasteiger partial charge in [0.05, 0.1) is 40.9 Å². The molecule has 112 valence electrons. The second kappa shape index (κ2) is 5.58. The molecule has 6 heteroatoms. The minimum atomic E-state index is -0.387. The summed E-state index contributed by atoms with van der Waals surface area (Å²) in [5.41, 5.74) is 11.4. The molecule has 3 aromatic heterocycles. The van der Waals surface area contributed by atoms with Crippen LogP contribution in [0.25, 0.3) is 22.2 Å². The van der Waals surface area contributed by atoms with Crippen molar-refractivity contribution in [3.05, 3.63) is 72.6 Å². The third kappa shape index (κ3) is 2.56. The number of hydrogen-bond acceptors (Lipinski definition) is 5. The maximum atomic E-state index is 6.24. The van der Waals surface area contributed by atoms with Gasteiger partial charge in [-0.3, -0.25) is 15.1 Å². The van der Waals surface area contributed by atoms with Gasteiger partial charge in [-0.1, -0.05) is 12.1 Å². The Morgan fingerprint density at radius 2 is 1.87 bits per heavy atom. The number of pyridine rings is 1. The fraction of sp³-hybridized carbons (Fsp3) is 0.0588. The van der Waals surface area contributed by atoms with Crippen LogP contribution in [0.4, 0.5) is 0 Å². The van der Waals surface area contributed by atoms with Crippen LogP contribution in [0.1, 0.15) is 17.4 Å². The molecule has 0 spiro atoms. The average Bonchev–Trinajstić information content (AvgIpc) is 3.15. The Kier molecular flexibility index (Phi) is 3.29. The Bertz CT molecular complexity index is 934. The molecule has 1 unspecified atom stereocenters. The van der Waals surface area contributed by atoms with Gasteiger partial charge in [-0.2, -0.15) is 5.10 Å². The molecule has 1 atom stereocenters. The Hall–Kier alpha value is -3.12. The summed E-state index contributed by atoms with van der Waals surface area (Å²) in [6.45, 7) is 0. The van der Waals surface area contributed by atoms with Crippen LogP contribution in [0.3, 0.4) is 0 Å². The number of nitrogens with one attached hydrogen (secondary N) is 1. The van der Waals surface area contributed by atoms with E-state index in [-0.39, 0.29) is 6.04 Å². The van der Waals surface area contributed by atoms with Crippen molar-refractivity contribution in [2.75, 3.05) is 0 Å². The third-order valence-corrected chi connectivity index (χ3v) is 3.72.